The Balaban J connectivity index is 2.00. The van der Waals surface area contributed by atoms with E-state index in [-0.39, 0.29) is 0 Å². The van der Waals surface area contributed by atoms with Gasteiger partial charge in [-0.25, -0.2) is 10.0 Å². The Morgan fingerprint density at radius 1 is 0.594 bits per heavy atom. The molecule has 1 heterocycles. The van der Waals surface area contributed by atoms with Gasteiger partial charge in [0, 0.05) is 25.2 Å². The van der Waals surface area contributed by atoms with Gasteiger partial charge in [-0.3, -0.25) is 0 Å². The Labute approximate surface area is 203 Å². The topological polar surface area (TPSA) is 6.48 Å². The second-order valence-corrected chi connectivity index (χ2v) is 12.1. The predicted molar refractivity (Wildman–Crippen MR) is 143 cm³/mol. The third-order valence-corrected chi connectivity index (χ3v) is 8.16. The first-order valence-corrected chi connectivity index (χ1v) is 15.1. The van der Waals surface area contributed by atoms with E-state index in [0.29, 0.717) is 0 Å². The van der Waals surface area contributed by atoms with E-state index in [4.69, 9.17) is 0 Å². The molecule has 0 aromatic rings. The molecule has 2 nitrogen and oxygen atoms in total. The Kier molecular flexibility index (Phi) is 15.3. The minimum atomic E-state index is 0.810. The minimum absolute atomic E-state index is 0.810. The highest BCUT2D eigenvalue weighted by Crippen LogP contribution is 2.29. The number of hydrogen-bond donors (Lipinski definition) is 0. The number of nitrogens with zero attached hydrogens (tertiary/aromatic N) is 2. The fraction of sp³-hybridized carbons (Fsp3) is 1.00. The molecule has 0 N–H and O–H groups in total. The van der Waals surface area contributed by atoms with Crippen molar-refractivity contribution in [2.75, 3.05) is 13.1 Å². The van der Waals surface area contributed by atoms with Gasteiger partial charge in [-0.15, -0.1) is 0 Å². The standard InChI is InChI=1S/C30H60N2/c1-27(2)19-11-8-15-23-30-24-16-10-18-26-32(29-21-13-6-5-7-14-22-29)31(30)25-17-9-12-20-28(3)4/h27-30H,5-26H2,1-4H3. The van der Waals surface area contributed by atoms with Crippen LogP contribution in [0.15, 0.2) is 0 Å². The fourth-order valence-corrected chi connectivity index (χ4v) is 6.16. The molecule has 1 aliphatic heterocycles. The zero-order valence-electron chi connectivity index (χ0n) is 22.8. The molecule has 32 heavy (non-hydrogen) atoms. The second-order valence-electron chi connectivity index (χ2n) is 12.1. The monoisotopic (exact) mass is 448 g/mol. The first-order chi connectivity index (χ1) is 15.6. The molecule has 2 rings (SSSR count). The average Bonchev–Trinajstić information content (AvgIpc) is 2.71. The highest BCUT2D eigenvalue weighted by atomic mass is 15.6. The van der Waals surface area contributed by atoms with Crippen LogP contribution in [0.2, 0.25) is 0 Å². The van der Waals surface area contributed by atoms with Crippen LogP contribution in [0, 0.1) is 11.8 Å². The summed E-state index contributed by atoms with van der Waals surface area (Å²) >= 11 is 0. The highest BCUT2D eigenvalue weighted by molar-refractivity contribution is 4.80. The van der Waals surface area contributed by atoms with Crippen molar-refractivity contribution in [3.8, 4) is 0 Å². The largest absolute Gasteiger partial charge is 0.238 e. The number of hydrazine groups is 1. The van der Waals surface area contributed by atoms with Gasteiger partial charge in [0.05, 0.1) is 0 Å². The fourth-order valence-electron chi connectivity index (χ4n) is 6.16. The summed E-state index contributed by atoms with van der Waals surface area (Å²) in [6, 6.07) is 1.64. The molecule has 0 radical (unpaired) electrons. The van der Waals surface area contributed by atoms with Crippen LogP contribution in [0.3, 0.4) is 0 Å². The molecule has 0 aromatic carbocycles. The molecule has 1 saturated heterocycles. The summed E-state index contributed by atoms with van der Waals surface area (Å²) in [5, 5.41) is 5.94. The van der Waals surface area contributed by atoms with Crippen LogP contribution in [-0.2, 0) is 0 Å². The maximum atomic E-state index is 2.98. The van der Waals surface area contributed by atoms with Crippen LogP contribution in [0.5, 0.6) is 0 Å². The number of hydrogen-bond acceptors (Lipinski definition) is 2. The first-order valence-electron chi connectivity index (χ1n) is 15.1. The molecule has 190 valence electrons. The summed E-state index contributed by atoms with van der Waals surface area (Å²) in [5.41, 5.74) is 0. The van der Waals surface area contributed by atoms with Crippen LogP contribution < -0.4 is 0 Å². The van der Waals surface area contributed by atoms with Gasteiger partial charge in [0.25, 0.3) is 0 Å². The maximum Gasteiger partial charge on any atom is 0.0246 e. The van der Waals surface area contributed by atoms with E-state index in [2.05, 4.69) is 37.7 Å². The Hall–Kier alpha value is -0.0800. The lowest BCUT2D eigenvalue weighted by Crippen LogP contribution is -2.55. The molecule has 0 aromatic heterocycles. The summed E-state index contributed by atoms with van der Waals surface area (Å²) in [5.74, 6) is 1.73. The normalized spacial score (nSPS) is 23.2. The van der Waals surface area contributed by atoms with Gasteiger partial charge in [0.2, 0.25) is 0 Å². The minimum Gasteiger partial charge on any atom is -0.238 e. The molecule has 2 fully saturated rings. The van der Waals surface area contributed by atoms with Crippen molar-refractivity contribution in [1.29, 1.82) is 0 Å². The molecule has 0 bridgehead atoms. The highest BCUT2D eigenvalue weighted by Gasteiger charge is 2.30. The van der Waals surface area contributed by atoms with Gasteiger partial charge < -0.3 is 0 Å². The predicted octanol–water partition coefficient (Wildman–Crippen LogP) is 9.38. The molecule has 2 heteroatoms. The molecule has 1 unspecified atom stereocenters. The van der Waals surface area contributed by atoms with E-state index in [1.807, 2.05) is 0 Å². The van der Waals surface area contributed by atoms with E-state index < -0.39 is 0 Å². The van der Waals surface area contributed by atoms with Crippen LogP contribution in [0.25, 0.3) is 0 Å². The molecular weight excluding hydrogens is 388 g/mol. The summed E-state index contributed by atoms with van der Waals surface area (Å²) in [6.45, 7) is 12.2. The van der Waals surface area contributed by atoms with E-state index in [9.17, 15) is 0 Å². The molecule has 0 amide bonds. The quantitative estimate of drug-likeness (QED) is 0.259. The van der Waals surface area contributed by atoms with E-state index in [0.717, 1.165) is 23.9 Å². The smallest absolute Gasteiger partial charge is 0.0246 e. The van der Waals surface area contributed by atoms with Crippen LogP contribution >= 0.6 is 0 Å². The SMILES string of the molecule is CC(C)CCCCCC1CCCCCN(C2CCCCCCC2)N1CCCCCC(C)C. The Morgan fingerprint density at radius 2 is 1.16 bits per heavy atom. The molecule has 1 atom stereocenters. The third-order valence-electron chi connectivity index (χ3n) is 8.16. The summed E-state index contributed by atoms with van der Waals surface area (Å²) in [7, 11) is 0. The molecule has 2 aliphatic rings. The van der Waals surface area contributed by atoms with Gasteiger partial charge in [0.1, 0.15) is 0 Å². The average molecular weight is 449 g/mol. The molecular formula is C30H60N2. The van der Waals surface area contributed by atoms with Gasteiger partial charge in [-0.05, 0) is 50.4 Å². The van der Waals surface area contributed by atoms with E-state index in [1.54, 1.807) is 0 Å². The third kappa shape index (κ3) is 11.9. The van der Waals surface area contributed by atoms with Crippen LogP contribution in [-0.4, -0.2) is 35.2 Å². The lowest BCUT2D eigenvalue weighted by Gasteiger charge is -2.47. The Morgan fingerprint density at radius 3 is 1.81 bits per heavy atom. The van der Waals surface area contributed by atoms with Crippen molar-refractivity contribution in [1.82, 2.24) is 10.0 Å². The molecule has 1 aliphatic carbocycles. The van der Waals surface area contributed by atoms with E-state index in [1.165, 1.54) is 142 Å². The van der Waals surface area contributed by atoms with Gasteiger partial charge >= 0.3 is 0 Å². The van der Waals surface area contributed by atoms with Crippen molar-refractivity contribution in [3.05, 3.63) is 0 Å². The lowest BCUT2D eigenvalue weighted by atomic mass is 9.94. The zero-order chi connectivity index (χ0) is 23.0. The number of unbranched alkanes of at least 4 members (excludes halogenated alkanes) is 4. The van der Waals surface area contributed by atoms with Gasteiger partial charge in [-0.1, -0.05) is 118 Å². The lowest BCUT2D eigenvalue weighted by molar-refractivity contribution is -0.109. The van der Waals surface area contributed by atoms with Crippen molar-refractivity contribution < 1.29 is 0 Å². The molecule has 1 saturated carbocycles. The first kappa shape index (κ1) is 28.2. The van der Waals surface area contributed by atoms with Crippen molar-refractivity contribution in [2.24, 2.45) is 11.8 Å². The number of rotatable bonds is 13. The zero-order valence-corrected chi connectivity index (χ0v) is 22.8. The van der Waals surface area contributed by atoms with Gasteiger partial charge in [0.15, 0.2) is 0 Å². The summed E-state index contributed by atoms with van der Waals surface area (Å²) < 4.78 is 0. The van der Waals surface area contributed by atoms with Gasteiger partial charge in [-0.2, -0.15) is 0 Å². The molecule has 0 spiro atoms. The van der Waals surface area contributed by atoms with Crippen LogP contribution in [0.4, 0.5) is 0 Å². The summed E-state index contributed by atoms with van der Waals surface area (Å²) in [4.78, 5) is 0. The van der Waals surface area contributed by atoms with Crippen molar-refractivity contribution in [2.45, 2.75) is 168 Å². The van der Waals surface area contributed by atoms with Crippen molar-refractivity contribution in [3.63, 3.8) is 0 Å². The van der Waals surface area contributed by atoms with Crippen molar-refractivity contribution >= 4 is 0 Å². The van der Waals surface area contributed by atoms with Crippen LogP contribution in [0.1, 0.15) is 156 Å². The van der Waals surface area contributed by atoms with E-state index >= 15 is 0 Å². The maximum absolute atomic E-state index is 2.98. The summed E-state index contributed by atoms with van der Waals surface area (Å²) in [6.07, 6.45) is 28.9. The second kappa shape index (κ2) is 17.4. The Bertz CT molecular complexity index is 425.